The third-order valence-corrected chi connectivity index (χ3v) is 3.30. The van der Waals surface area contributed by atoms with Crippen LogP contribution in [0.2, 0.25) is 0 Å². The lowest BCUT2D eigenvalue weighted by Crippen LogP contribution is -1.93. The summed E-state index contributed by atoms with van der Waals surface area (Å²) < 4.78 is 0.839. The van der Waals surface area contributed by atoms with Gasteiger partial charge in [-0.15, -0.1) is 5.10 Å². The van der Waals surface area contributed by atoms with Crippen molar-refractivity contribution in [3.8, 4) is 11.8 Å². The van der Waals surface area contributed by atoms with E-state index in [1.54, 1.807) is 18.2 Å². The van der Waals surface area contributed by atoms with Gasteiger partial charge >= 0.3 is 0 Å². The van der Waals surface area contributed by atoms with Gasteiger partial charge in [0.1, 0.15) is 5.75 Å². The lowest BCUT2D eigenvalue weighted by atomic mass is 10.2. The van der Waals surface area contributed by atoms with Crippen molar-refractivity contribution < 1.29 is 5.11 Å². The molecule has 0 saturated heterocycles. The number of anilines is 1. The quantitative estimate of drug-likeness (QED) is 0.432. The Hall–Kier alpha value is -2.05. The number of hydrogen-bond acceptors (Lipinski definition) is 7. The van der Waals surface area contributed by atoms with Gasteiger partial charge < -0.3 is 5.11 Å². The number of benzene rings is 1. The smallest absolute Gasteiger partial charge is 0.240 e. The van der Waals surface area contributed by atoms with E-state index in [2.05, 4.69) is 41.6 Å². The Morgan fingerprint density at radius 3 is 3.25 bits per heavy atom. The van der Waals surface area contributed by atoms with Crippen LogP contribution in [0.25, 0.3) is 0 Å². The molecule has 0 spiro atoms. The van der Waals surface area contributed by atoms with Crippen molar-refractivity contribution in [2.75, 3.05) is 11.2 Å². The Morgan fingerprint density at radius 2 is 2.45 bits per heavy atom. The first kappa shape index (κ1) is 14.4. The minimum atomic E-state index is 0.126. The molecule has 1 aromatic heterocycles. The van der Waals surface area contributed by atoms with Gasteiger partial charge in [0.15, 0.2) is 0 Å². The summed E-state index contributed by atoms with van der Waals surface area (Å²) in [5.41, 5.74) is 3.21. The fourth-order valence-electron chi connectivity index (χ4n) is 1.25. The second kappa shape index (κ2) is 6.93. The fraction of sp³-hybridized carbons (Fsp3) is 0.0909. The normalized spacial score (nSPS) is 10.6. The summed E-state index contributed by atoms with van der Waals surface area (Å²) in [7, 11) is 0. The van der Waals surface area contributed by atoms with Gasteiger partial charge in [-0.05, 0) is 18.2 Å². The highest BCUT2D eigenvalue weighted by molar-refractivity contribution is 9.10. The molecular formula is C11H9BrN6OS. The first-order valence-electron chi connectivity index (χ1n) is 5.39. The molecule has 0 bridgehead atoms. The third kappa shape index (κ3) is 3.97. The van der Waals surface area contributed by atoms with Crippen LogP contribution in [-0.2, 0) is 0 Å². The first-order chi connectivity index (χ1) is 9.69. The fourth-order valence-corrected chi connectivity index (χ4v) is 2.09. The number of hydrogen-bond donors (Lipinski definition) is 3. The Bertz CT molecular complexity index is 665. The molecule has 9 heteroatoms. The molecule has 102 valence electrons. The van der Waals surface area contributed by atoms with Gasteiger partial charge in [-0.25, -0.2) is 10.5 Å². The van der Waals surface area contributed by atoms with Crippen molar-refractivity contribution in [2.24, 2.45) is 5.10 Å². The number of aromatic nitrogens is 3. The minimum absolute atomic E-state index is 0.126. The number of nitrogens with one attached hydrogen (secondary N) is 2. The van der Waals surface area contributed by atoms with Crippen LogP contribution >= 0.6 is 27.7 Å². The summed E-state index contributed by atoms with van der Waals surface area (Å²) in [4.78, 5) is 4.07. The van der Waals surface area contributed by atoms with E-state index in [1.165, 1.54) is 18.0 Å². The largest absolute Gasteiger partial charge is 0.507 e. The lowest BCUT2D eigenvalue weighted by molar-refractivity contribution is 0.474. The van der Waals surface area contributed by atoms with Gasteiger partial charge in [-0.1, -0.05) is 27.7 Å². The van der Waals surface area contributed by atoms with Crippen LogP contribution in [0, 0.1) is 11.3 Å². The zero-order valence-electron chi connectivity index (χ0n) is 10.0. The van der Waals surface area contributed by atoms with Crippen LogP contribution in [0.1, 0.15) is 5.56 Å². The van der Waals surface area contributed by atoms with Crippen LogP contribution < -0.4 is 5.43 Å². The van der Waals surface area contributed by atoms with Crippen LogP contribution in [0.4, 0.5) is 5.95 Å². The number of rotatable bonds is 5. The number of halogens is 1. The summed E-state index contributed by atoms with van der Waals surface area (Å²) in [5.74, 6) is 0.768. The Morgan fingerprint density at radius 1 is 1.60 bits per heavy atom. The van der Waals surface area contributed by atoms with Gasteiger partial charge in [0, 0.05) is 10.0 Å². The molecule has 0 fully saturated rings. The summed E-state index contributed by atoms with van der Waals surface area (Å²) in [6.07, 6.45) is 1.46. The predicted octanol–water partition coefficient (Wildman–Crippen LogP) is 2.33. The van der Waals surface area contributed by atoms with Gasteiger partial charge in [0.05, 0.1) is 18.0 Å². The molecular weight excluding hydrogens is 344 g/mol. The van der Waals surface area contributed by atoms with E-state index in [1.807, 2.05) is 6.07 Å². The van der Waals surface area contributed by atoms with E-state index in [-0.39, 0.29) is 11.5 Å². The molecule has 0 unspecified atom stereocenters. The van der Waals surface area contributed by atoms with Gasteiger partial charge in [0.2, 0.25) is 11.1 Å². The van der Waals surface area contributed by atoms with Gasteiger partial charge in [-0.2, -0.15) is 15.3 Å². The standard InChI is InChI=1S/C11H9BrN6OS/c12-8-1-2-9(19)7(5-8)6-14-16-10-15-11(18-17-10)20-4-3-13/h1-2,5-6,19H,4H2,(H2,15,16,17,18)/b14-6+. The molecule has 1 heterocycles. The van der Waals surface area contributed by atoms with E-state index >= 15 is 0 Å². The number of phenolic OH excluding ortho intramolecular Hbond substituents is 1. The molecule has 0 aliphatic carbocycles. The average Bonchev–Trinajstić information content (AvgIpc) is 2.88. The summed E-state index contributed by atoms with van der Waals surface area (Å²) >= 11 is 4.53. The summed E-state index contributed by atoms with van der Waals surface area (Å²) in [6, 6.07) is 7.02. The van der Waals surface area contributed by atoms with Gasteiger partial charge in [-0.3, -0.25) is 0 Å². The molecule has 0 aliphatic rings. The number of nitrogens with zero attached hydrogens (tertiary/aromatic N) is 4. The minimum Gasteiger partial charge on any atom is -0.507 e. The van der Waals surface area contributed by atoms with E-state index < -0.39 is 0 Å². The summed E-state index contributed by atoms with van der Waals surface area (Å²) in [6.45, 7) is 0. The number of H-pyrrole nitrogens is 1. The highest BCUT2D eigenvalue weighted by Gasteiger charge is 2.02. The molecule has 1 aromatic carbocycles. The maximum atomic E-state index is 9.62. The third-order valence-electron chi connectivity index (χ3n) is 2.09. The highest BCUT2D eigenvalue weighted by atomic mass is 79.9. The molecule has 20 heavy (non-hydrogen) atoms. The summed E-state index contributed by atoms with van der Waals surface area (Å²) in [5, 5.41) is 29.0. The zero-order chi connectivity index (χ0) is 14.4. The number of aromatic hydroxyl groups is 1. The van der Waals surface area contributed by atoms with E-state index in [0.29, 0.717) is 16.7 Å². The molecule has 7 nitrogen and oxygen atoms in total. The number of phenols is 1. The lowest BCUT2D eigenvalue weighted by Gasteiger charge is -1.99. The molecule has 0 radical (unpaired) electrons. The van der Waals surface area contributed by atoms with Crippen molar-refractivity contribution in [1.82, 2.24) is 15.2 Å². The SMILES string of the molecule is N#CCSc1n[nH]c(N/N=C/c2cc(Br)ccc2O)n1. The number of thioether (sulfide) groups is 1. The van der Waals surface area contributed by atoms with Crippen molar-refractivity contribution in [3.05, 3.63) is 28.2 Å². The van der Waals surface area contributed by atoms with Crippen molar-refractivity contribution >= 4 is 39.9 Å². The molecule has 0 saturated carbocycles. The monoisotopic (exact) mass is 352 g/mol. The molecule has 3 N–H and O–H groups in total. The van der Waals surface area contributed by atoms with Gasteiger partial charge in [0.25, 0.3) is 0 Å². The van der Waals surface area contributed by atoms with Crippen molar-refractivity contribution in [1.29, 1.82) is 5.26 Å². The Labute approximate surface area is 127 Å². The Kier molecular flexibility index (Phi) is 4.97. The number of aromatic amines is 1. The Balaban J connectivity index is 1.97. The molecule has 0 aliphatic heterocycles. The number of hydrazone groups is 1. The van der Waals surface area contributed by atoms with Crippen LogP contribution in [0.3, 0.4) is 0 Å². The predicted molar refractivity (Wildman–Crippen MR) is 79.7 cm³/mol. The van der Waals surface area contributed by atoms with E-state index in [4.69, 9.17) is 5.26 Å². The second-order valence-electron chi connectivity index (χ2n) is 3.49. The average molecular weight is 353 g/mol. The maximum Gasteiger partial charge on any atom is 0.240 e. The van der Waals surface area contributed by atoms with E-state index in [9.17, 15) is 5.11 Å². The molecule has 2 aromatic rings. The zero-order valence-corrected chi connectivity index (χ0v) is 12.4. The van der Waals surface area contributed by atoms with Crippen molar-refractivity contribution in [2.45, 2.75) is 5.16 Å². The highest BCUT2D eigenvalue weighted by Crippen LogP contribution is 2.20. The maximum absolute atomic E-state index is 9.62. The number of nitriles is 1. The van der Waals surface area contributed by atoms with E-state index in [0.717, 1.165) is 4.47 Å². The second-order valence-corrected chi connectivity index (χ2v) is 5.34. The van der Waals surface area contributed by atoms with Crippen LogP contribution in [0.5, 0.6) is 5.75 Å². The topological polar surface area (TPSA) is 110 Å². The molecule has 2 rings (SSSR count). The molecule has 0 amide bonds. The first-order valence-corrected chi connectivity index (χ1v) is 7.16. The van der Waals surface area contributed by atoms with Crippen LogP contribution in [0.15, 0.2) is 32.9 Å². The molecule has 0 atom stereocenters. The van der Waals surface area contributed by atoms with Crippen LogP contribution in [-0.4, -0.2) is 32.3 Å². The van der Waals surface area contributed by atoms with Crippen molar-refractivity contribution in [3.63, 3.8) is 0 Å².